The van der Waals surface area contributed by atoms with Crippen molar-refractivity contribution in [3.8, 4) is 0 Å². The molecule has 2 unspecified atom stereocenters. The van der Waals surface area contributed by atoms with Crippen LogP contribution in [-0.2, 0) is 0 Å². The minimum absolute atomic E-state index is 0.154. The van der Waals surface area contributed by atoms with Gasteiger partial charge in [-0.15, -0.1) is 0 Å². The van der Waals surface area contributed by atoms with E-state index in [-0.39, 0.29) is 11.6 Å². The van der Waals surface area contributed by atoms with E-state index in [0.717, 1.165) is 15.6 Å². The van der Waals surface area contributed by atoms with Gasteiger partial charge in [-0.05, 0) is 58.5 Å². The number of allylic oxidation sites excluding steroid dienone is 3. The highest BCUT2D eigenvalue weighted by molar-refractivity contribution is 14.1. The molecule has 0 amide bonds. The van der Waals surface area contributed by atoms with Crippen LogP contribution < -0.4 is 5.32 Å². The Balaban J connectivity index is 1.96. The number of rotatable bonds is 2. The number of hydrogen-bond donors (Lipinski definition) is 1. The molecule has 1 nitrogen and oxygen atoms in total. The van der Waals surface area contributed by atoms with Gasteiger partial charge in [0, 0.05) is 11.3 Å². The maximum absolute atomic E-state index is 12.6. The summed E-state index contributed by atoms with van der Waals surface area (Å²) >= 11 is 2.08. The lowest BCUT2D eigenvalue weighted by atomic mass is 9.97. The Morgan fingerprint density at radius 1 is 1.26 bits per heavy atom. The third-order valence-electron chi connectivity index (χ3n) is 3.23. The lowest BCUT2D eigenvalue weighted by molar-refractivity contribution is -0.148. The molecule has 1 aromatic carbocycles. The van der Waals surface area contributed by atoms with Crippen molar-refractivity contribution >= 4 is 28.2 Å². The molecular formula is C14H9F3IN. The highest BCUT2D eigenvalue weighted by Crippen LogP contribution is 2.48. The number of alkyl halides is 3. The Labute approximate surface area is 122 Å². The lowest BCUT2D eigenvalue weighted by Gasteiger charge is -2.19. The molecule has 2 aliphatic rings. The number of nitrogens with one attached hydrogen (secondary N) is 1. The fraction of sp³-hybridized carbons (Fsp3) is 0.286. The van der Waals surface area contributed by atoms with Gasteiger partial charge < -0.3 is 0 Å². The molecule has 98 valence electrons. The van der Waals surface area contributed by atoms with Crippen LogP contribution in [0.5, 0.6) is 0 Å². The molecule has 1 N–H and O–H groups in total. The topological polar surface area (TPSA) is 12.0 Å². The molecule has 0 saturated heterocycles. The fourth-order valence-corrected chi connectivity index (χ4v) is 2.78. The molecule has 1 aromatic rings. The standard InChI is InChI=1S/C14H9F3IN/c15-14(16,17)19-13-7-10-4-9(10)6-12(13)8-2-1-3-11(18)5-8/h2,5-7,9-10,19H,4H2. The van der Waals surface area contributed by atoms with Crippen molar-refractivity contribution in [1.29, 1.82) is 0 Å². The molecule has 0 bridgehead atoms. The zero-order valence-electron chi connectivity index (χ0n) is 9.68. The minimum Gasteiger partial charge on any atom is -0.297 e. The van der Waals surface area contributed by atoms with E-state index in [1.54, 1.807) is 17.5 Å². The van der Waals surface area contributed by atoms with E-state index in [9.17, 15) is 13.2 Å². The summed E-state index contributed by atoms with van der Waals surface area (Å²) in [5.41, 5.74) is 1.51. The number of fused-ring (bicyclic) bond motifs is 1. The van der Waals surface area contributed by atoms with E-state index in [0.29, 0.717) is 11.5 Å². The lowest BCUT2D eigenvalue weighted by Crippen LogP contribution is -2.32. The van der Waals surface area contributed by atoms with Gasteiger partial charge in [0.05, 0.1) is 3.57 Å². The van der Waals surface area contributed by atoms with Crippen LogP contribution in [0, 0.1) is 27.5 Å². The summed E-state index contributed by atoms with van der Waals surface area (Å²) in [6.07, 6.45) is 0.145. The quantitative estimate of drug-likeness (QED) is 0.611. The summed E-state index contributed by atoms with van der Waals surface area (Å²) in [5.74, 6) is 0.641. The number of hydrogen-bond acceptors (Lipinski definition) is 1. The van der Waals surface area contributed by atoms with E-state index in [4.69, 9.17) is 0 Å². The van der Waals surface area contributed by atoms with Crippen LogP contribution in [-0.4, -0.2) is 6.30 Å². The van der Waals surface area contributed by atoms with Gasteiger partial charge in [0.1, 0.15) is 0 Å². The van der Waals surface area contributed by atoms with Crippen LogP contribution >= 0.6 is 22.6 Å². The van der Waals surface area contributed by atoms with E-state index in [1.165, 1.54) is 0 Å². The maximum atomic E-state index is 12.6. The predicted octanol–water partition coefficient (Wildman–Crippen LogP) is 3.92. The van der Waals surface area contributed by atoms with Gasteiger partial charge in [-0.2, -0.15) is 13.2 Å². The average Bonchev–Trinajstić information content (AvgIpc) is 3.03. The Morgan fingerprint density at radius 3 is 2.68 bits per heavy atom. The van der Waals surface area contributed by atoms with E-state index in [2.05, 4.69) is 34.7 Å². The second kappa shape index (κ2) is 4.44. The average molecular weight is 375 g/mol. The molecule has 1 fully saturated rings. The smallest absolute Gasteiger partial charge is 0.297 e. The van der Waals surface area contributed by atoms with E-state index < -0.39 is 6.30 Å². The second-order valence-electron chi connectivity index (χ2n) is 4.71. The summed E-state index contributed by atoms with van der Waals surface area (Å²) in [4.78, 5) is 0. The van der Waals surface area contributed by atoms with Crippen LogP contribution in [0.3, 0.4) is 0 Å². The zero-order chi connectivity index (χ0) is 13.6. The molecule has 5 heteroatoms. The Morgan fingerprint density at radius 2 is 2.00 bits per heavy atom. The molecule has 19 heavy (non-hydrogen) atoms. The fourth-order valence-electron chi connectivity index (χ4n) is 2.29. The van der Waals surface area contributed by atoms with Crippen molar-refractivity contribution in [2.75, 3.05) is 0 Å². The van der Waals surface area contributed by atoms with Gasteiger partial charge in [-0.25, -0.2) is 0 Å². The van der Waals surface area contributed by atoms with Gasteiger partial charge in [0.15, 0.2) is 0 Å². The molecule has 2 aliphatic carbocycles. The molecule has 0 heterocycles. The Hall–Kier alpha value is -1.16. The monoisotopic (exact) mass is 375 g/mol. The zero-order valence-corrected chi connectivity index (χ0v) is 11.8. The summed E-state index contributed by atoms with van der Waals surface area (Å²) in [6, 6.07) is 9.18. The van der Waals surface area contributed by atoms with Crippen LogP contribution in [0.1, 0.15) is 12.0 Å². The third kappa shape index (κ3) is 2.89. The highest BCUT2D eigenvalue weighted by Gasteiger charge is 2.40. The van der Waals surface area contributed by atoms with Crippen LogP contribution in [0.15, 0.2) is 30.0 Å². The van der Waals surface area contributed by atoms with Crippen LogP contribution in [0.4, 0.5) is 13.2 Å². The van der Waals surface area contributed by atoms with Crippen molar-refractivity contribution in [3.63, 3.8) is 0 Å². The van der Waals surface area contributed by atoms with Gasteiger partial charge in [-0.1, -0.05) is 24.3 Å². The first kappa shape index (κ1) is 12.9. The molecule has 0 aliphatic heterocycles. The first-order chi connectivity index (χ1) is 8.92. The summed E-state index contributed by atoms with van der Waals surface area (Å²) in [6.45, 7) is 0. The molecular weight excluding hydrogens is 366 g/mol. The Bertz CT molecular complexity index is 574. The number of halogens is 4. The van der Waals surface area contributed by atoms with Crippen molar-refractivity contribution in [2.24, 2.45) is 11.8 Å². The molecule has 1 saturated carbocycles. The highest BCUT2D eigenvalue weighted by atomic mass is 127. The molecule has 0 spiro atoms. The maximum Gasteiger partial charge on any atom is 0.482 e. The SMILES string of the molecule is FC(F)(F)NC1=CC2CC2C=C1c1cc#cc(I)c1. The molecule has 0 aromatic heterocycles. The van der Waals surface area contributed by atoms with Crippen molar-refractivity contribution in [1.82, 2.24) is 5.32 Å². The molecule has 2 atom stereocenters. The Kier molecular flexibility index (Phi) is 3.01. The van der Waals surface area contributed by atoms with Gasteiger partial charge in [0.2, 0.25) is 0 Å². The van der Waals surface area contributed by atoms with Crippen LogP contribution in [0.25, 0.3) is 5.57 Å². The largest absolute Gasteiger partial charge is 0.482 e. The van der Waals surface area contributed by atoms with Gasteiger partial charge in [-0.3, -0.25) is 5.32 Å². The van der Waals surface area contributed by atoms with Crippen molar-refractivity contribution in [3.05, 3.63) is 51.2 Å². The summed E-state index contributed by atoms with van der Waals surface area (Å²) in [5, 5.41) is 1.65. The van der Waals surface area contributed by atoms with Crippen LogP contribution in [0.2, 0.25) is 0 Å². The van der Waals surface area contributed by atoms with Crippen molar-refractivity contribution < 1.29 is 13.2 Å². The van der Waals surface area contributed by atoms with E-state index in [1.807, 2.05) is 12.1 Å². The van der Waals surface area contributed by atoms with Crippen molar-refractivity contribution in [2.45, 2.75) is 12.7 Å². The minimum atomic E-state index is -4.41. The molecule has 3 rings (SSSR count). The first-order valence-electron chi connectivity index (χ1n) is 5.80. The summed E-state index contributed by atoms with van der Waals surface area (Å²) in [7, 11) is 0. The predicted molar refractivity (Wildman–Crippen MR) is 73.7 cm³/mol. The van der Waals surface area contributed by atoms with Gasteiger partial charge in [0.25, 0.3) is 0 Å². The third-order valence-corrected chi connectivity index (χ3v) is 3.81. The molecule has 0 radical (unpaired) electrons. The first-order valence-corrected chi connectivity index (χ1v) is 6.88. The van der Waals surface area contributed by atoms with E-state index >= 15 is 0 Å². The second-order valence-corrected chi connectivity index (χ2v) is 5.87. The van der Waals surface area contributed by atoms with Gasteiger partial charge >= 0.3 is 6.30 Å². The summed E-state index contributed by atoms with van der Waals surface area (Å²) < 4.78 is 38.5. The normalized spacial score (nSPS) is 24.8.